The van der Waals surface area contributed by atoms with E-state index in [0.717, 1.165) is 31.4 Å². The van der Waals surface area contributed by atoms with Gasteiger partial charge in [0.1, 0.15) is 0 Å². The monoisotopic (exact) mass is 296 g/mol. The summed E-state index contributed by atoms with van der Waals surface area (Å²) in [4.78, 5) is 2.41. The van der Waals surface area contributed by atoms with Gasteiger partial charge in [0.2, 0.25) is 0 Å². The van der Waals surface area contributed by atoms with Gasteiger partial charge in [-0.25, -0.2) is 8.42 Å². The van der Waals surface area contributed by atoms with Crippen molar-refractivity contribution in [3.63, 3.8) is 0 Å². The molecule has 3 N–H and O–H groups in total. The van der Waals surface area contributed by atoms with Crippen LogP contribution >= 0.6 is 0 Å². The number of fused-ring (bicyclic) bond motifs is 2. The lowest BCUT2D eigenvalue weighted by atomic mass is 9.98. The lowest BCUT2D eigenvalue weighted by Crippen LogP contribution is -2.45. The number of nitrogens with two attached hydrogens (primary N) is 1. The molecule has 2 aliphatic rings. The number of piperidine rings is 1. The van der Waals surface area contributed by atoms with E-state index in [1.165, 1.54) is 6.26 Å². The Labute approximate surface area is 119 Å². The van der Waals surface area contributed by atoms with Gasteiger partial charge in [0, 0.05) is 18.3 Å². The van der Waals surface area contributed by atoms with Gasteiger partial charge >= 0.3 is 0 Å². The summed E-state index contributed by atoms with van der Waals surface area (Å²) in [6, 6.07) is 5.70. The number of aliphatic hydroxyl groups excluding tert-OH is 1. The summed E-state index contributed by atoms with van der Waals surface area (Å²) in [5.41, 5.74) is 7.24. The van der Waals surface area contributed by atoms with E-state index in [4.69, 9.17) is 5.73 Å². The van der Waals surface area contributed by atoms with Gasteiger partial charge in [0.15, 0.2) is 9.84 Å². The van der Waals surface area contributed by atoms with Crippen LogP contribution < -0.4 is 10.6 Å². The number of aliphatic hydroxyl groups is 1. The normalized spacial score (nSPS) is 29.7. The van der Waals surface area contributed by atoms with Gasteiger partial charge < -0.3 is 15.7 Å². The lowest BCUT2D eigenvalue weighted by molar-refractivity contribution is 0.126. The number of anilines is 2. The largest absolute Gasteiger partial charge is 0.396 e. The molecule has 5 nitrogen and oxygen atoms in total. The zero-order valence-electron chi connectivity index (χ0n) is 11.5. The van der Waals surface area contributed by atoms with Crippen LogP contribution in [0.2, 0.25) is 0 Å². The molecule has 0 spiro atoms. The topological polar surface area (TPSA) is 83.6 Å². The summed E-state index contributed by atoms with van der Waals surface area (Å²) < 4.78 is 23.6. The molecule has 0 amide bonds. The predicted molar refractivity (Wildman–Crippen MR) is 78.5 cm³/mol. The molecule has 2 unspecified atom stereocenters. The van der Waals surface area contributed by atoms with Gasteiger partial charge in [0.25, 0.3) is 0 Å². The number of hydrogen-bond acceptors (Lipinski definition) is 5. The van der Waals surface area contributed by atoms with Crippen molar-refractivity contribution in [3.8, 4) is 0 Å². The first kappa shape index (κ1) is 13.7. The van der Waals surface area contributed by atoms with Gasteiger partial charge in [-0.15, -0.1) is 0 Å². The summed E-state index contributed by atoms with van der Waals surface area (Å²) in [5.74, 6) is 0. The van der Waals surface area contributed by atoms with E-state index in [1.54, 1.807) is 12.1 Å². The molecule has 3 rings (SSSR count). The van der Waals surface area contributed by atoms with Crippen LogP contribution in [0, 0.1) is 0 Å². The van der Waals surface area contributed by atoms with Crippen LogP contribution in [0.25, 0.3) is 0 Å². The molecule has 1 aromatic rings. The van der Waals surface area contributed by atoms with E-state index in [0.29, 0.717) is 5.69 Å². The van der Waals surface area contributed by atoms with Crippen molar-refractivity contribution in [2.75, 3.05) is 16.9 Å². The second kappa shape index (κ2) is 4.63. The minimum absolute atomic E-state index is 0.195. The van der Waals surface area contributed by atoms with Gasteiger partial charge in [-0.1, -0.05) is 6.07 Å². The summed E-state index contributed by atoms with van der Waals surface area (Å²) in [7, 11) is -3.32. The maximum atomic E-state index is 11.8. The Balaban J connectivity index is 2.04. The van der Waals surface area contributed by atoms with Crippen LogP contribution in [-0.2, 0) is 9.84 Å². The number of nitrogens with zero attached hydrogens (tertiary/aromatic N) is 1. The highest BCUT2D eigenvalue weighted by Crippen LogP contribution is 2.42. The average molecular weight is 296 g/mol. The number of benzene rings is 1. The highest BCUT2D eigenvalue weighted by molar-refractivity contribution is 7.90. The Kier molecular flexibility index (Phi) is 3.17. The van der Waals surface area contributed by atoms with Crippen molar-refractivity contribution in [2.45, 2.75) is 48.8 Å². The Morgan fingerprint density at radius 1 is 1.25 bits per heavy atom. The lowest BCUT2D eigenvalue weighted by Gasteiger charge is -2.39. The summed E-state index contributed by atoms with van der Waals surface area (Å²) >= 11 is 0. The molecule has 0 saturated carbocycles. The number of sulfone groups is 1. The summed E-state index contributed by atoms with van der Waals surface area (Å²) in [6.07, 6.45) is 4.46. The maximum absolute atomic E-state index is 11.8. The van der Waals surface area contributed by atoms with Crippen LogP contribution in [0.1, 0.15) is 25.7 Å². The number of nitrogen functional groups attached to an aromatic ring is 1. The first-order chi connectivity index (χ1) is 9.38. The average Bonchev–Trinajstić information content (AvgIpc) is 2.61. The molecule has 1 aromatic carbocycles. The first-order valence-corrected chi connectivity index (χ1v) is 8.82. The van der Waals surface area contributed by atoms with Crippen LogP contribution in [0.4, 0.5) is 11.4 Å². The smallest absolute Gasteiger partial charge is 0.177 e. The van der Waals surface area contributed by atoms with Crippen molar-refractivity contribution >= 4 is 21.2 Å². The molecule has 2 bridgehead atoms. The molecular formula is C14H20N2O3S. The molecular weight excluding hydrogens is 276 g/mol. The second-order valence-corrected chi connectivity index (χ2v) is 7.86. The molecule has 2 atom stereocenters. The first-order valence-electron chi connectivity index (χ1n) is 6.93. The van der Waals surface area contributed by atoms with Crippen molar-refractivity contribution in [3.05, 3.63) is 18.2 Å². The summed E-state index contributed by atoms with van der Waals surface area (Å²) in [6.45, 7) is 0. The van der Waals surface area contributed by atoms with E-state index in [9.17, 15) is 13.5 Å². The predicted octanol–water partition coefficient (Wildman–Crippen LogP) is 1.16. The number of para-hydroxylation sites is 1. The van der Waals surface area contributed by atoms with Crippen LogP contribution in [0.5, 0.6) is 0 Å². The zero-order chi connectivity index (χ0) is 14.5. The van der Waals surface area contributed by atoms with E-state index < -0.39 is 9.84 Å². The zero-order valence-corrected chi connectivity index (χ0v) is 12.3. The van der Waals surface area contributed by atoms with Crippen molar-refractivity contribution < 1.29 is 13.5 Å². The maximum Gasteiger partial charge on any atom is 0.177 e. The second-order valence-electron chi connectivity index (χ2n) is 5.88. The highest BCUT2D eigenvalue weighted by Gasteiger charge is 2.41. The highest BCUT2D eigenvalue weighted by atomic mass is 32.2. The van der Waals surface area contributed by atoms with E-state index >= 15 is 0 Å². The summed E-state index contributed by atoms with van der Waals surface area (Å²) in [5, 5.41) is 9.85. The van der Waals surface area contributed by atoms with Crippen LogP contribution in [0.3, 0.4) is 0 Å². The fourth-order valence-corrected chi connectivity index (χ4v) is 4.45. The van der Waals surface area contributed by atoms with E-state index in [2.05, 4.69) is 4.90 Å². The molecule has 110 valence electrons. The van der Waals surface area contributed by atoms with Crippen molar-refractivity contribution in [1.82, 2.24) is 0 Å². The fraction of sp³-hybridized carbons (Fsp3) is 0.571. The Morgan fingerprint density at radius 2 is 1.85 bits per heavy atom. The third-order valence-corrected chi connectivity index (χ3v) is 5.58. The Morgan fingerprint density at radius 3 is 2.40 bits per heavy atom. The molecule has 2 saturated heterocycles. The Hall–Kier alpha value is -1.27. The Bertz CT molecular complexity index is 615. The molecule has 6 heteroatoms. The van der Waals surface area contributed by atoms with Crippen LogP contribution in [0.15, 0.2) is 23.1 Å². The minimum Gasteiger partial charge on any atom is -0.396 e. The fourth-order valence-electron chi connectivity index (χ4n) is 3.62. The van der Waals surface area contributed by atoms with Gasteiger partial charge in [-0.3, -0.25) is 0 Å². The van der Waals surface area contributed by atoms with Gasteiger partial charge in [-0.05, 0) is 37.8 Å². The van der Waals surface area contributed by atoms with Crippen LogP contribution in [-0.4, -0.2) is 38.0 Å². The molecule has 0 radical (unpaired) electrons. The van der Waals surface area contributed by atoms with E-state index in [1.807, 2.05) is 6.07 Å². The molecule has 0 aliphatic carbocycles. The minimum atomic E-state index is -3.32. The van der Waals surface area contributed by atoms with Crippen molar-refractivity contribution in [1.29, 1.82) is 0 Å². The standard InChI is InChI=1S/C14H20N2O3S/c1-20(18,19)13-4-2-3-12(14(13)15)16-9-5-6-10(16)8-11(17)7-9/h2-4,9-11,17H,5-8,15H2,1H3. The third-order valence-electron chi connectivity index (χ3n) is 4.43. The molecule has 2 heterocycles. The number of hydrogen-bond donors (Lipinski definition) is 2. The number of rotatable bonds is 2. The SMILES string of the molecule is CS(=O)(=O)c1cccc(N2C3CCC2CC(O)C3)c1N. The van der Waals surface area contributed by atoms with Gasteiger partial charge in [-0.2, -0.15) is 0 Å². The molecule has 0 aromatic heterocycles. The molecule has 2 aliphatic heterocycles. The molecule has 20 heavy (non-hydrogen) atoms. The third kappa shape index (κ3) is 2.16. The molecule has 2 fully saturated rings. The van der Waals surface area contributed by atoms with Gasteiger partial charge in [0.05, 0.1) is 22.4 Å². The van der Waals surface area contributed by atoms with Crippen molar-refractivity contribution in [2.24, 2.45) is 0 Å². The quantitative estimate of drug-likeness (QED) is 0.800. The van der Waals surface area contributed by atoms with E-state index in [-0.39, 0.29) is 23.1 Å².